The molecule has 0 bridgehead atoms. The summed E-state index contributed by atoms with van der Waals surface area (Å²) in [5.41, 5.74) is 1.84. The molecule has 4 atom stereocenters. The van der Waals surface area contributed by atoms with E-state index >= 15 is 8.78 Å². The molecule has 3 aromatic rings. The number of hydrogen-bond donors (Lipinski definition) is 3. The number of aromatic hydroxyl groups is 1. The maximum Gasteiger partial charge on any atom is 0.263 e. The van der Waals surface area contributed by atoms with E-state index in [1.807, 2.05) is 12.1 Å². The van der Waals surface area contributed by atoms with E-state index in [4.69, 9.17) is 0 Å². The Labute approximate surface area is 341 Å². The van der Waals surface area contributed by atoms with Crippen molar-refractivity contribution in [3.8, 4) is 17.0 Å². The van der Waals surface area contributed by atoms with Crippen LogP contribution in [0.5, 0.6) is 5.75 Å². The molecule has 2 aromatic carbocycles. The molecule has 0 spiro atoms. The molecule has 9 rings (SSSR count). The minimum Gasteiger partial charge on any atom is -0.504 e. The quantitative estimate of drug-likeness (QED) is 0.270. The fourth-order valence-corrected chi connectivity index (χ4v) is 10.7. The molecule has 3 amide bonds. The molecule has 1 aromatic heterocycles. The van der Waals surface area contributed by atoms with Crippen LogP contribution in [0.3, 0.4) is 0 Å². The van der Waals surface area contributed by atoms with Crippen LogP contribution in [-0.2, 0) is 16.1 Å². The summed E-state index contributed by atoms with van der Waals surface area (Å²) in [6.45, 7) is 9.03. The third-order valence-corrected chi connectivity index (χ3v) is 14.3. The van der Waals surface area contributed by atoms with E-state index in [9.17, 15) is 23.9 Å². The summed E-state index contributed by atoms with van der Waals surface area (Å²) in [4.78, 5) is 48.2. The first-order valence-corrected chi connectivity index (χ1v) is 20.9. The number of carbonyl (C=O) groups is 3. The second-order valence-corrected chi connectivity index (χ2v) is 18.1. The number of anilines is 3. The molecule has 0 saturated carbocycles. The summed E-state index contributed by atoms with van der Waals surface area (Å²) < 4.78 is 44.6. The Kier molecular flexibility index (Phi) is 10.0. The molecule has 13 nitrogen and oxygen atoms in total. The first-order chi connectivity index (χ1) is 28.2. The lowest BCUT2D eigenvalue weighted by Gasteiger charge is -2.50. The standard InChI is InChI=1S/C43H52F3N9O4/c1-42(2)19-28(51(3)29-20-43(41(45)46)24-47-38-35(55(43)23-29)18-33(49-50-38)30-5-4-6-32(44)37(30)57)13-16-53(42)21-25-11-14-52(15-12-25)27-8-7-26-22-54(40(59)31(26)17-27)34-9-10-36(56)48-39(34)58/h4-8,17-18,25,28-29,34,41,57H,9-16,19-24H2,1-3H3,(H,47,50)(H,48,56,58)/t28?,29-,34+,43-/m1/s1. The van der Waals surface area contributed by atoms with E-state index in [0.717, 1.165) is 69.2 Å². The van der Waals surface area contributed by atoms with Gasteiger partial charge in [0.2, 0.25) is 11.8 Å². The smallest absolute Gasteiger partial charge is 0.263 e. The number of para-hydroxylation sites is 1. The largest absolute Gasteiger partial charge is 0.504 e. The van der Waals surface area contributed by atoms with Crippen LogP contribution in [0.25, 0.3) is 11.3 Å². The first-order valence-electron chi connectivity index (χ1n) is 20.9. The monoisotopic (exact) mass is 815 g/mol. The third-order valence-electron chi connectivity index (χ3n) is 14.3. The summed E-state index contributed by atoms with van der Waals surface area (Å²) in [5, 5.41) is 24.3. The van der Waals surface area contributed by atoms with Crippen LogP contribution in [0.15, 0.2) is 42.5 Å². The molecule has 0 aliphatic carbocycles. The number of halogens is 3. The molecule has 16 heteroatoms. The van der Waals surface area contributed by atoms with Gasteiger partial charge in [-0.15, -0.1) is 10.2 Å². The number of aromatic nitrogens is 2. The SMILES string of the molecule is CN(C1CCN(CC2CCN(c3ccc4c(c3)C(=O)N([C@H]3CCC(=O)NC3=O)C4)CC2)C(C)(C)C1)[C@H]1CN2c3cc(-c4cccc(F)c4O)nnc3NC[C@@]2(C(F)F)C1. The van der Waals surface area contributed by atoms with Crippen LogP contribution >= 0.6 is 0 Å². The van der Waals surface area contributed by atoms with Crippen LogP contribution in [-0.4, -0.2) is 130 Å². The zero-order valence-electron chi connectivity index (χ0n) is 33.8. The normalized spacial score (nSPS) is 27.2. The highest BCUT2D eigenvalue weighted by molar-refractivity contribution is 6.05. The topological polar surface area (TPSA) is 137 Å². The fourth-order valence-electron chi connectivity index (χ4n) is 10.7. The van der Waals surface area contributed by atoms with Crippen molar-refractivity contribution in [3.05, 3.63) is 59.4 Å². The predicted molar refractivity (Wildman–Crippen MR) is 216 cm³/mol. The van der Waals surface area contributed by atoms with Crippen molar-refractivity contribution in [3.63, 3.8) is 0 Å². The van der Waals surface area contributed by atoms with Crippen molar-refractivity contribution < 1.29 is 32.7 Å². The van der Waals surface area contributed by atoms with E-state index in [-0.39, 0.29) is 60.1 Å². The summed E-state index contributed by atoms with van der Waals surface area (Å²) in [6.07, 6.45) is 2.10. The zero-order valence-corrected chi connectivity index (χ0v) is 33.8. The van der Waals surface area contributed by atoms with Crippen molar-refractivity contribution in [2.45, 2.75) is 101 Å². The summed E-state index contributed by atoms with van der Waals surface area (Å²) in [7, 11) is 2.07. The number of likely N-dealkylation sites (N-methyl/N-ethyl adjacent to an activating group) is 1. The van der Waals surface area contributed by atoms with Crippen LogP contribution in [0.2, 0.25) is 0 Å². The number of imide groups is 1. The number of benzene rings is 2. The summed E-state index contributed by atoms with van der Waals surface area (Å²) in [6, 6.07) is 11.3. The minimum atomic E-state index is -2.63. The summed E-state index contributed by atoms with van der Waals surface area (Å²) >= 11 is 0. The number of rotatable bonds is 8. The number of phenolic OH excluding ortho intramolecular Hbond substituents is 1. The highest BCUT2D eigenvalue weighted by Gasteiger charge is 2.56. The van der Waals surface area contributed by atoms with Gasteiger partial charge in [-0.25, -0.2) is 13.2 Å². The van der Waals surface area contributed by atoms with Gasteiger partial charge in [-0.2, -0.15) is 0 Å². The van der Waals surface area contributed by atoms with Gasteiger partial charge < -0.3 is 25.1 Å². The van der Waals surface area contributed by atoms with Gasteiger partial charge in [0.15, 0.2) is 17.4 Å². The maximum absolute atomic E-state index is 15.2. The molecule has 6 aliphatic rings. The number of hydrogen-bond acceptors (Lipinski definition) is 11. The Morgan fingerprint density at radius 1 is 0.966 bits per heavy atom. The van der Waals surface area contributed by atoms with Gasteiger partial charge in [0, 0.05) is 86.7 Å². The number of likely N-dealkylation sites (tertiary alicyclic amines) is 1. The van der Waals surface area contributed by atoms with E-state index in [0.29, 0.717) is 42.5 Å². The molecule has 6 aliphatic heterocycles. The lowest BCUT2D eigenvalue weighted by atomic mass is 9.83. The Hall–Kier alpha value is -4.96. The molecule has 59 heavy (non-hydrogen) atoms. The Morgan fingerprint density at radius 2 is 1.76 bits per heavy atom. The number of amides is 3. The number of fused-ring (bicyclic) bond motifs is 4. The number of piperidine rings is 3. The van der Waals surface area contributed by atoms with Gasteiger partial charge in [-0.1, -0.05) is 12.1 Å². The predicted octanol–water partition coefficient (Wildman–Crippen LogP) is 4.85. The van der Waals surface area contributed by atoms with Crippen LogP contribution in [0, 0.1) is 11.7 Å². The Morgan fingerprint density at radius 3 is 2.51 bits per heavy atom. The highest BCUT2D eigenvalue weighted by Crippen LogP contribution is 2.48. The molecule has 1 unspecified atom stereocenters. The van der Waals surface area contributed by atoms with Gasteiger partial charge in [0.25, 0.3) is 12.3 Å². The maximum atomic E-state index is 15.2. The molecule has 4 fully saturated rings. The van der Waals surface area contributed by atoms with Gasteiger partial charge in [-0.3, -0.25) is 29.5 Å². The van der Waals surface area contributed by atoms with E-state index < -0.39 is 35.5 Å². The molecule has 3 N–H and O–H groups in total. The fraction of sp³-hybridized carbons (Fsp3) is 0.558. The number of nitrogens with one attached hydrogen (secondary N) is 2. The van der Waals surface area contributed by atoms with Crippen molar-refractivity contribution in [2.24, 2.45) is 5.92 Å². The van der Waals surface area contributed by atoms with Gasteiger partial charge in [-0.05, 0) is 101 Å². The van der Waals surface area contributed by atoms with Gasteiger partial charge >= 0.3 is 0 Å². The average Bonchev–Trinajstić information content (AvgIpc) is 3.78. The Balaban J connectivity index is 0.814. The molecule has 4 saturated heterocycles. The number of carbonyl (C=O) groups excluding carboxylic acids is 3. The molecule has 7 heterocycles. The van der Waals surface area contributed by atoms with E-state index in [1.165, 1.54) is 12.1 Å². The Bertz CT molecular complexity index is 2170. The summed E-state index contributed by atoms with van der Waals surface area (Å²) in [5.74, 6) is -1.29. The van der Waals surface area contributed by atoms with Gasteiger partial charge in [0.05, 0.1) is 11.4 Å². The van der Waals surface area contributed by atoms with Crippen LogP contribution < -0.4 is 20.4 Å². The molecule has 314 valence electrons. The van der Waals surface area contributed by atoms with E-state index in [1.54, 1.807) is 15.9 Å². The second kappa shape index (κ2) is 14.9. The third kappa shape index (κ3) is 6.95. The number of alkyl halides is 2. The number of phenols is 1. The van der Waals surface area contributed by atoms with Crippen molar-refractivity contribution in [1.29, 1.82) is 0 Å². The van der Waals surface area contributed by atoms with Crippen LogP contribution in [0.1, 0.15) is 74.7 Å². The van der Waals surface area contributed by atoms with E-state index in [2.05, 4.69) is 62.5 Å². The van der Waals surface area contributed by atoms with Crippen molar-refractivity contribution in [2.75, 3.05) is 61.4 Å². The molecular weight excluding hydrogens is 764 g/mol. The van der Waals surface area contributed by atoms with Crippen molar-refractivity contribution in [1.82, 2.24) is 30.2 Å². The van der Waals surface area contributed by atoms with Gasteiger partial charge in [0.1, 0.15) is 11.6 Å². The second-order valence-electron chi connectivity index (χ2n) is 18.1. The molecular formula is C43H52F3N9O4. The average molecular weight is 816 g/mol. The zero-order chi connectivity index (χ0) is 41.4. The number of nitrogens with zero attached hydrogens (tertiary/aromatic N) is 7. The lowest BCUT2D eigenvalue weighted by molar-refractivity contribution is -0.136. The highest BCUT2D eigenvalue weighted by atomic mass is 19.3. The molecule has 0 radical (unpaired) electrons. The lowest BCUT2D eigenvalue weighted by Crippen LogP contribution is -2.58. The van der Waals surface area contributed by atoms with Crippen molar-refractivity contribution >= 4 is 34.9 Å². The minimum absolute atomic E-state index is 0.0256. The van der Waals surface area contributed by atoms with Crippen LogP contribution in [0.4, 0.5) is 30.4 Å². The first kappa shape index (κ1) is 39.5.